The van der Waals surface area contributed by atoms with Crippen LogP contribution < -0.4 is 18.9 Å². The maximum atomic E-state index is 12.6. The van der Waals surface area contributed by atoms with E-state index in [2.05, 4.69) is 6.92 Å². The van der Waals surface area contributed by atoms with E-state index >= 15 is 0 Å². The third-order valence-corrected chi connectivity index (χ3v) is 13.5. The molecule has 0 aromatic heterocycles. The summed E-state index contributed by atoms with van der Waals surface area (Å²) in [6.45, 7) is 2.22. The number of rotatable bonds is 6. The minimum Gasteiger partial charge on any atom is -0.508 e. The third kappa shape index (κ3) is 5.25. The van der Waals surface area contributed by atoms with Crippen molar-refractivity contribution in [3.05, 3.63) is 52.6 Å². The minimum absolute atomic E-state index is 0.0536. The van der Waals surface area contributed by atoms with Crippen LogP contribution in [0.25, 0.3) is 11.1 Å². The van der Waals surface area contributed by atoms with Gasteiger partial charge in [0, 0.05) is 39.7 Å². The maximum absolute atomic E-state index is 12.6. The number of benzene rings is 3. The van der Waals surface area contributed by atoms with E-state index in [0.717, 1.165) is 52.8 Å². The molecular formula is C36H42O9S2. The number of aliphatic hydroxyl groups is 2. The first-order valence-electron chi connectivity index (χ1n) is 16.3. The Morgan fingerprint density at radius 1 is 0.979 bits per heavy atom. The second-order valence-corrected chi connectivity index (χ2v) is 15.9. The summed E-state index contributed by atoms with van der Waals surface area (Å²) in [7, 11) is 6.46. The first-order chi connectivity index (χ1) is 22.7. The fourth-order valence-electron chi connectivity index (χ4n) is 8.24. The molecule has 1 saturated carbocycles. The molecule has 6 unspecified atom stereocenters. The van der Waals surface area contributed by atoms with Gasteiger partial charge >= 0.3 is 0 Å². The highest BCUT2D eigenvalue weighted by atomic mass is 33.1. The van der Waals surface area contributed by atoms with E-state index in [9.17, 15) is 25.5 Å². The number of phenolic OH excluding ortho intramolecular Hbond substituents is 3. The molecule has 0 radical (unpaired) electrons. The van der Waals surface area contributed by atoms with E-state index in [-0.39, 0.29) is 64.6 Å². The normalized spacial score (nSPS) is 27.8. The third-order valence-electron chi connectivity index (χ3n) is 10.6. The number of hydrogen-bond acceptors (Lipinski definition) is 11. The number of aliphatic hydroxyl groups excluding tert-OH is 2. The second kappa shape index (κ2) is 12.7. The molecule has 1 fully saturated rings. The predicted molar refractivity (Wildman–Crippen MR) is 183 cm³/mol. The monoisotopic (exact) mass is 682 g/mol. The molecule has 3 aromatic rings. The van der Waals surface area contributed by atoms with E-state index in [4.69, 9.17) is 18.9 Å². The lowest BCUT2D eigenvalue weighted by molar-refractivity contribution is -0.112. The van der Waals surface area contributed by atoms with Crippen molar-refractivity contribution in [3.8, 4) is 51.4 Å². The number of fused-ring (bicyclic) bond motifs is 5. The van der Waals surface area contributed by atoms with Gasteiger partial charge in [-0.1, -0.05) is 41.0 Å². The summed E-state index contributed by atoms with van der Waals surface area (Å²) in [6, 6.07) is 8.93. The topological polar surface area (TPSA) is 138 Å². The summed E-state index contributed by atoms with van der Waals surface area (Å²) in [5.74, 6) is 1.99. The van der Waals surface area contributed by atoms with Gasteiger partial charge in [0.25, 0.3) is 0 Å². The molecule has 9 nitrogen and oxygen atoms in total. The van der Waals surface area contributed by atoms with Crippen LogP contribution >= 0.6 is 21.6 Å². The second-order valence-electron chi connectivity index (χ2n) is 13.2. The van der Waals surface area contributed by atoms with Crippen LogP contribution in [0.15, 0.2) is 30.3 Å². The van der Waals surface area contributed by atoms with Crippen molar-refractivity contribution >= 4 is 21.6 Å². The number of aromatic hydroxyl groups is 3. The van der Waals surface area contributed by atoms with Gasteiger partial charge in [-0.3, -0.25) is 0 Å². The molecule has 7 rings (SSSR count). The van der Waals surface area contributed by atoms with Crippen LogP contribution in [0, 0.1) is 5.92 Å². The fraction of sp³-hybridized carbons (Fsp3) is 0.500. The number of ether oxygens (including phenoxy) is 4. The van der Waals surface area contributed by atoms with Crippen LogP contribution in [0.5, 0.6) is 40.2 Å². The molecule has 252 valence electrons. The Kier molecular flexibility index (Phi) is 8.78. The summed E-state index contributed by atoms with van der Waals surface area (Å²) in [6.07, 6.45) is 3.85. The molecular weight excluding hydrogens is 641 g/mol. The summed E-state index contributed by atoms with van der Waals surface area (Å²) in [4.78, 5) is 0. The lowest BCUT2D eigenvalue weighted by atomic mass is 9.64. The summed E-state index contributed by atoms with van der Waals surface area (Å²) >= 11 is 0. The van der Waals surface area contributed by atoms with E-state index in [0.29, 0.717) is 36.7 Å². The van der Waals surface area contributed by atoms with Crippen molar-refractivity contribution in [1.82, 2.24) is 0 Å². The van der Waals surface area contributed by atoms with E-state index in [1.54, 1.807) is 6.07 Å². The Bertz CT molecular complexity index is 1680. The quantitative estimate of drug-likeness (QED) is 0.180. The van der Waals surface area contributed by atoms with Crippen molar-refractivity contribution in [1.29, 1.82) is 0 Å². The van der Waals surface area contributed by atoms with Crippen molar-refractivity contribution in [2.24, 2.45) is 5.92 Å². The molecule has 3 aromatic carbocycles. The Morgan fingerprint density at radius 3 is 2.57 bits per heavy atom. The van der Waals surface area contributed by atoms with Gasteiger partial charge < -0.3 is 44.5 Å². The van der Waals surface area contributed by atoms with Gasteiger partial charge in [0.1, 0.15) is 30.0 Å². The van der Waals surface area contributed by atoms with Gasteiger partial charge in [-0.05, 0) is 78.8 Å². The molecule has 11 heteroatoms. The van der Waals surface area contributed by atoms with Crippen molar-refractivity contribution < 1.29 is 44.5 Å². The number of methoxy groups -OCH3 is 2. The molecule has 0 saturated heterocycles. The fourth-order valence-corrected chi connectivity index (χ4v) is 11.4. The first-order valence-corrected chi connectivity index (χ1v) is 18.7. The van der Waals surface area contributed by atoms with E-state index in [1.165, 1.54) is 20.3 Å². The summed E-state index contributed by atoms with van der Waals surface area (Å²) in [5.41, 5.74) is 3.89. The molecule has 47 heavy (non-hydrogen) atoms. The van der Waals surface area contributed by atoms with Crippen LogP contribution in [0.3, 0.4) is 0 Å². The first kappa shape index (κ1) is 32.4. The van der Waals surface area contributed by atoms with Crippen LogP contribution in [-0.4, -0.2) is 70.1 Å². The lowest BCUT2D eigenvalue weighted by Crippen LogP contribution is -2.56. The zero-order valence-corrected chi connectivity index (χ0v) is 28.5. The van der Waals surface area contributed by atoms with E-state index in [1.807, 2.05) is 39.8 Å². The smallest absolute Gasteiger partial charge is 0.207 e. The van der Waals surface area contributed by atoms with Gasteiger partial charge in [-0.2, -0.15) is 0 Å². The largest absolute Gasteiger partial charge is 0.508 e. The van der Waals surface area contributed by atoms with Gasteiger partial charge in [-0.15, -0.1) is 0 Å². The Labute approximate surface area is 282 Å². The number of hydrogen-bond donors (Lipinski definition) is 5. The SMILES string of the molecule is COc1cc(C23CCC4SSCCC(C)CCC5Cc6c(c(OCCO)cc(c6C4C2O)O3)-c2ccc(O)cc25)c(O)c(OC)c1O. The van der Waals surface area contributed by atoms with Crippen LogP contribution in [0.2, 0.25) is 0 Å². The highest BCUT2D eigenvalue weighted by molar-refractivity contribution is 8.76. The molecule has 0 amide bonds. The van der Waals surface area contributed by atoms with Gasteiger partial charge in [0.15, 0.2) is 17.1 Å². The predicted octanol–water partition coefficient (Wildman–Crippen LogP) is 6.59. The van der Waals surface area contributed by atoms with Gasteiger partial charge in [0.05, 0.1) is 20.8 Å². The molecule has 4 bridgehead atoms. The zero-order valence-electron chi connectivity index (χ0n) is 26.8. The van der Waals surface area contributed by atoms with Gasteiger partial charge in [-0.25, -0.2) is 0 Å². The minimum atomic E-state index is -1.37. The molecule has 4 aliphatic rings. The summed E-state index contributed by atoms with van der Waals surface area (Å²) in [5, 5.41) is 55.3. The molecule has 5 N–H and O–H groups in total. The van der Waals surface area contributed by atoms with Crippen LogP contribution in [0.1, 0.15) is 73.1 Å². The van der Waals surface area contributed by atoms with Crippen LogP contribution in [-0.2, 0) is 12.0 Å². The van der Waals surface area contributed by atoms with Gasteiger partial charge in [0.2, 0.25) is 11.5 Å². The average Bonchev–Trinajstić information content (AvgIpc) is 3.06. The maximum Gasteiger partial charge on any atom is 0.207 e. The van der Waals surface area contributed by atoms with E-state index < -0.39 is 11.7 Å². The van der Waals surface area contributed by atoms with Crippen molar-refractivity contribution in [2.75, 3.05) is 33.2 Å². The Hall–Kier alpha value is -3.12. The molecule has 2 aliphatic carbocycles. The standard InChI is InChI=1S/C36H42O9S2/c1-18-4-5-19-14-23-29(21-7-6-20(38)15-22(19)21)25(44-12-11-37)17-26-30(23)31-28(47-46-13-9-18)8-10-36(45-26,35(31)41)24-16-27(42-2)33(40)34(43-3)32(24)39/h6-7,15-19,28,31,35,37-41H,4-5,8-14H2,1-3H3. The van der Waals surface area contributed by atoms with Crippen molar-refractivity contribution in [2.45, 2.75) is 74.2 Å². The molecule has 2 heterocycles. The highest BCUT2D eigenvalue weighted by Gasteiger charge is 2.59. The molecule has 2 aliphatic heterocycles. The Balaban J connectivity index is 1.50. The molecule has 0 spiro atoms. The Morgan fingerprint density at radius 2 is 1.81 bits per heavy atom. The molecule has 6 atom stereocenters. The summed E-state index contributed by atoms with van der Waals surface area (Å²) < 4.78 is 24.1. The number of phenols is 3. The lowest BCUT2D eigenvalue weighted by Gasteiger charge is -2.53. The average molecular weight is 683 g/mol. The van der Waals surface area contributed by atoms with Crippen molar-refractivity contribution in [3.63, 3.8) is 0 Å². The zero-order chi connectivity index (χ0) is 33.0. The highest BCUT2D eigenvalue weighted by Crippen LogP contribution is 2.64. The van der Waals surface area contributed by atoms with Crippen LogP contribution in [0.4, 0.5) is 0 Å².